The van der Waals surface area contributed by atoms with Crippen molar-refractivity contribution in [2.24, 2.45) is 5.92 Å². The molecule has 0 aliphatic rings. The van der Waals surface area contributed by atoms with Crippen LogP contribution in [0.2, 0.25) is 0 Å². The zero-order chi connectivity index (χ0) is 19.2. The largest absolute Gasteiger partial charge is 0.350 e. The maximum Gasteiger partial charge on any atom is 0.271 e. The number of hydrogen-bond donors (Lipinski definition) is 3. The molecule has 0 bridgehead atoms. The first-order valence-electron chi connectivity index (χ1n) is 8.83. The van der Waals surface area contributed by atoms with Crippen LogP contribution in [0.4, 0.5) is 0 Å². The minimum Gasteiger partial charge on any atom is -0.350 e. The molecule has 27 heavy (non-hydrogen) atoms. The molecule has 8 heteroatoms. The lowest BCUT2D eigenvalue weighted by Gasteiger charge is -2.20. The van der Waals surface area contributed by atoms with Crippen LogP contribution in [-0.2, 0) is 4.79 Å². The van der Waals surface area contributed by atoms with Gasteiger partial charge in [-0.05, 0) is 18.1 Å². The average molecular weight is 366 g/mol. The van der Waals surface area contributed by atoms with Crippen LogP contribution in [0.3, 0.4) is 0 Å². The van der Waals surface area contributed by atoms with E-state index < -0.39 is 0 Å². The van der Waals surface area contributed by atoms with E-state index in [0.29, 0.717) is 0 Å². The number of aromatic amines is 1. The molecule has 2 aromatic heterocycles. The molecule has 8 nitrogen and oxygen atoms in total. The summed E-state index contributed by atoms with van der Waals surface area (Å²) in [5, 5.41) is 5.66. The monoisotopic (exact) mass is 366 g/mol. The second kappa shape index (κ2) is 8.39. The van der Waals surface area contributed by atoms with Gasteiger partial charge in [0.1, 0.15) is 11.5 Å². The highest BCUT2D eigenvalue weighted by atomic mass is 16.2. The van der Waals surface area contributed by atoms with Crippen LogP contribution in [0.5, 0.6) is 0 Å². The summed E-state index contributed by atoms with van der Waals surface area (Å²) in [7, 11) is 0. The maximum atomic E-state index is 12.3. The summed E-state index contributed by atoms with van der Waals surface area (Å²) in [6.07, 6.45) is 4.48. The molecular weight excluding hydrogens is 344 g/mol. The van der Waals surface area contributed by atoms with Gasteiger partial charge in [0.05, 0.1) is 23.3 Å². The van der Waals surface area contributed by atoms with E-state index in [-0.39, 0.29) is 42.4 Å². The molecule has 2 amide bonds. The number of imidazole rings is 1. The summed E-state index contributed by atoms with van der Waals surface area (Å²) in [6, 6.07) is 7.51. The number of nitrogens with one attached hydrogen (secondary N) is 3. The van der Waals surface area contributed by atoms with Gasteiger partial charge in [0, 0.05) is 25.4 Å². The summed E-state index contributed by atoms with van der Waals surface area (Å²) in [5.41, 5.74) is 2.02. The Balaban J connectivity index is 1.56. The van der Waals surface area contributed by atoms with Gasteiger partial charge < -0.3 is 15.6 Å². The topological polar surface area (TPSA) is 113 Å². The minimum absolute atomic E-state index is 0.156. The van der Waals surface area contributed by atoms with Crippen molar-refractivity contribution < 1.29 is 9.59 Å². The molecule has 3 rings (SSSR count). The van der Waals surface area contributed by atoms with E-state index in [2.05, 4.69) is 30.6 Å². The van der Waals surface area contributed by atoms with Gasteiger partial charge in [0.15, 0.2) is 0 Å². The number of aromatic nitrogens is 4. The van der Waals surface area contributed by atoms with Crippen LogP contribution in [0.15, 0.2) is 42.9 Å². The van der Waals surface area contributed by atoms with Gasteiger partial charge in [0.2, 0.25) is 5.91 Å². The standard InChI is InChI=1S/C19H22N6O2/c1-12(2)17(18-23-13-5-3-4-6-14(13)24-18)25-16(26)7-8-22-19(27)15-11-20-9-10-21-15/h3-6,9-12,17H,7-8H2,1-2H3,(H,22,27)(H,23,24)(H,25,26)/t17-/m1/s1. The molecule has 2 heterocycles. The molecule has 0 unspecified atom stereocenters. The number of hydrogen-bond acceptors (Lipinski definition) is 5. The van der Waals surface area contributed by atoms with Crippen molar-refractivity contribution in [1.82, 2.24) is 30.6 Å². The fraction of sp³-hybridized carbons (Fsp3) is 0.316. The molecule has 1 aromatic carbocycles. The van der Waals surface area contributed by atoms with Crippen LogP contribution < -0.4 is 10.6 Å². The lowest BCUT2D eigenvalue weighted by atomic mass is 10.0. The van der Waals surface area contributed by atoms with Gasteiger partial charge in [-0.1, -0.05) is 26.0 Å². The SMILES string of the molecule is CC(C)[C@@H](NC(=O)CCNC(=O)c1cnccn1)c1nc2ccccc2[nH]1. The highest BCUT2D eigenvalue weighted by Crippen LogP contribution is 2.22. The van der Waals surface area contributed by atoms with Crippen molar-refractivity contribution in [2.45, 2.75) is 26.3 Å². The summed E-state index contributed by atoms with van der Waals surface area (Å²) in [5.74, 6) is 0.369. The molecular formula is C19H22N6O2. The normalized spacial score (nSPS) is 12.1. The van der Waals surface area contributed by atoms with Gasteiger partial charge in [-0.25, -0.2) is 9.97 Å². The third-order valence-corrected chi connectivity index (χ3v) is 4.12. The van der Waals surface area contributed by atoms with E-state index in [9.17, 15) is 9.59 Å². The van der Waals surface area contributed by atoms with Crippen LogP contribution >= 0.6 is 0 Å². The zero-order valence-corrected chi connectivity index (χ0v) is 15.3. The molecule has 0 fully saturated rings. The molecule has 0 spiro atoms. The number of fused-ring (bicyclic) bond motifs is 1. The third-order valence-electron chi connectivity index (χ3n) is 4.12. The molecule has 0 aliphatic heterocycles. The van der Waals surface area contributed by atoms with Gasteiger partial charge in [-0.15, -0.1) is 0 Å². The lowest BCUT2D eigenvalue weighted by molar-refractivity contribution is -0.122. The summed E-state index contributed by atoms with van der Waals surface area (Å²) in [6.45, 7) is 4.26. The Morgan fingerprint density at radius 1 is 1.19 bits per heavy atom. The summed E-state index contributed by atoms with van der Waals surface area (Å²) < 4.78 is 0. The number of amides is 2. The number of carbonyl (C=O) groups is 2. The number of rotatable bonds is 7. The highest BCUT2D eigenvalue weighted by molar-refractivity contribution is 5.92. The number of benzene rings is 1. The Kier molecular flexibility index (Phi) is 5.75. The van der Waals surface area contributed by atoms with E-state index in [1.165, 1.54) is 18.6 Å². The molecule has 3 N–H and O–H groups in total. The van der Waals surface area contributed by atoms with Crippen molar-refractivity contribution in [3.63, 3.8) is 0 Å². The van der Waals surface area contributed by atoms with E-state index >= 15 is 0 Å². The predicted molar refractivity (Wildman–Crippen MR) is 101 cm³/mol. The first-order chi connectivity index (χ1) is 13.0. The minimum atomic E-state index is -0.353. The first kappa shape index (κ1) is 18.5. The molecule has 3 aromatic rings. The van der Waals surface area contributed by atoms with Crippen LogP contribution in [0.1, 0.15) is 42.6 Å². The van der Waals surface area contributed by atoms with E-state index in [1.54, 1.807) is 0 Å². The van der Waals surface area contributed by atoms with Crippen molar-refractivity contribution in [1.29, 1.82) is 0 Å². The summed E-state index contributed by atoms with van der Waals surface area (Å²) in [4.78, 5) is 39.9. The number of nitrogens with zero attached hydrogens (tertiary/aromatic N) is 3. The van der Waals surface area contributed by atoms with Crippen molar-refractivity contribution in [3.8, 4) is 0 Å². The van der Waals surface area contributed by atoms with E-state index in [0.717, 1.165) is 16.9 Å². The van der Waals surface area contributed by atoms with Crippen LogP contribution in [0, 0.1) is 5.92 Å². The fourth-order valence-electron chi connectivity index (χ4n) is 2.71. The quantitative estimate of drug-likeness (QED) is 0.592. The van der Waals surface area contributed by atoms with Gasteiger partial charge >= 0.3 is 0 Å². The Labute approximate surface area is 156 Å². The Morgan fingerprint density at radius 3 is 2.70 bits per heavy atom. The molecule has 0 saturated heterocycles. The van der Waals surface area contributed by atoms with Gasteiger partial charge in [0.25, 0.3) is 5.91 Å². The molecule has 1 atom stereocenters. The molecule has 140 valence electrons. The lowest BCUT2D eigenvalue weighted by Crippen LogP contribution is -2.35. The number of carbonyl (C=O) groups excluding carboxylic acids is 2. The molecule has 0 saturated carbocycles. The third kappa shape index (κ3) is 4.66. The second-order valence-corrected chi connectivity index (χ2v) is 6.52. The van der Waals surface area contributed by atoms with E-state index in [1.807, 2.05) is 38.1 Å². The Hall–Kier alpha value is -3.29. The maximum absolute atomic E-state index is 12.3. The van der Waals surface area contributed by atoms with Crippen molar-refractivity contribution in [3.05, 3.63) is 54.4 Å². The highest BCUT2D eigenvalue weighted by Gasteiger charge is 2.21. The van der Waals surface area contributed by atoms with Crippen LogP contribution in [0.25, 0.3) is 11.0 Å². The number of para-hydroxylation sites is 2. The second-order valence-electron chi connectivity index (χ2n) is 6.52. The Bertz CT molecular complexity index is 889. The average Bonchev–Trinajstić information content (AvgIpc) is 3.10. The Morgan fingerprint density at radius 2 is 2.00 bits per heavy atom. The van der Waals surface area contributed by atoms with Crippen LogP contribution in [-0.4, -0.2) is 38.3 Å². The van der Waals surface area contributed by atoms with Gasteiger partial charge in [-0.2, -0.15) is 0 Å². The first-order valence-corrected chi connectivity index (χ1v) is 8.83. The zero-order valence-electron chi connectivity index (χ0n) is 15.3. The summed E-state index contributed by atoms with van der Waals surface area (Å²) >= 11 is 0. The predicted octanol–water partition coefficient (Wildman–Crippen LogP) is 1.99. The van der Waals surface area contributed by atoms with Crippen molar-refractivity contribution in [2.75, 3.05) is 6.54 Å². The molecule has 0 radical (unpaired) electrons. The fourth-order valence-corrected chi connectivity index (χ4v) is 2.71. The number of H-pyrrole nitrogens is 1. The smallest absolute Gasteiger partial charge is 0.271 e. The van der Waals surface area contributed by atoms with Crippen molar-refractivity contribution >= 4 is 22.8 Å². The molecule has 0 aliphatic carbocycles. The van der Waals surface area contributed by atoms with Gasteiger partial charge in [-0.3, -0.25) is 14.6 Å². The van der Waals surface area contributed by atoms with E-state index in [4.69, 9.17) is 0 Å².